The lowest BCUT2D eigenvalue weighted by Gasteiger charge is -2.36. The van der Waals surface area contributed by atoms with Gasteiger partial charge in [0.25, 0.3) is 5.60 Å². The van der Waals surface area contributed by atoms with Crippen LogP contribution in [0.3, 0.4) is 0 Å². The van der Waals surface area contributed by atoms with Gasteiger partial charge in [0, 0.05) is 0 Å². The maximum Gasteiger partial charge on any atom is 0.429 e. The minimum absolute atomic E-state index is 0.813. The molecule has 0 unspecified atom stereocenters. The maximum atomic E-state index is 12.9. The molecule has 92 valence electrons. The van der Waals surface area contributed by atoms with E-state index in [4.69, 9.17) is 5.11 Å². The van der Waals surface area contributed by atoms with Gasteiger partial charge >= 0.3 is 12.4 Å². The molecule has 0 spiro atoms. The molecule has 8 heteroatoms. The van der Waals surface area contributed by atoms with Crippen molar-refractivity contribution in [3.8, 4) is 0 Å². The van der Waals surface area contributed by atoms with E-state index in [0.29, 0.717) is 0 Å². The van der Waals surface area contributed by atoms with Gasteiger partial charge in [0.1, 0.15) is 6.17 Å². The molecule has 0 amide bonds. The Morgan fingerprint density at radius 3 is 1.20 bits per heavy atom. The van der Waals surface area contributed by atoms with Crippen molar-refractivity contribution in [2.45, 2.75) is 38.0 Å². The van der Waals surface area contributed by atoms with Crippen LogP contribution in [0.15, 0.2) is 0 Å². The highest BCUT2D eigenvalue weighted by Crippen LogP contribution is 2.47. The van der Waals surface area contributed by atoms with E-state index in [1.807, 2.05) is 0 Å². The molecule has 15 heavy (non-hydrogen) atoms. The van der Waals surface area contributed by atoms with Gasteiger partial charge in [-0.25, -0.2) is 4.39 Å². The first-order chi connectivity index (χ1) is 6.35. The molecule has 0 aliphatic heterocycles. The molecular formula is C7H9F7O. The van der Waals surface area contributed by atoms with Gasteiger partial charge in [-0.05, 0) is 5.92 Å². The largest absolute Gasteiger partial charge is 0.429 e. The van der Waals surface area contributed by atoms with E-state index < -0.39 is 30.0 Å². The van der Waals surface area contributed by atoms with Gasteiger partial charge in [0.2, 0.25) is 0 Å². The van der Waals surface area contributed by atoms with E-state index in [-0.39, 0.29) is 0 Å². The van der Waals surface area contributed by atoms with Crippen molar-refractivity contribution in [3.05, 3.63) is 0 Å². The van der Waals surface area contributed by atoms with E-state index in [1.54, 1.807) is 0 Å². The van der Waals surface area contributed by atoms with Crippen LogP contribution in [0, 0.1) is 5.92 Å². The molecular weight excluding hydrogens is 233 g/mol. The predicted molar refractivity (Wildman–Crippen MR) is 36.8 cm³/mol. The van der Waals surface area contributed by atoms with Crippen LogP contribution in [0.4, 0.5) is 30.7 Å². The summed E-state index contributed by atoms with van der Waals surface area (Å²) in [5, 5.41) is 8.50. The Morgan fingerprint density at radius 1 is 0.867 bits per heavy atom. The first-order valence-electron chi connectivity index (χ1n) is 3.85. The van der Waals surface area contributed by atoms with E-state index in [9.17, 15) is 30.7 Å². The third-order valence-corrected chi connectivity index (χ3v) is 1.85. The Hall–Kier alpha value is -0.530. The molecule has 1 nitrogen and oxygen atoms in total. The zero-order chi connectivity index (χ0) is 12.7. The summed E-state index contributed by atoms with van der Waals surface area (Å²) in [6.45, 7) is 1.63. The summed E-state index contributed by atoms with van der Waals surface area (Å²) in [5.41, 5.74) is -5.31. The zero-order valence-corrected chi connectivity index (χ0v) is 7.75. The molecule has 0 aliphatic carbocycles. The molecule has 0 aromatic rings. The van der Waals surface area contributed by atoms with Gasteiger partial charge in [-0.15, -0.1) is 0 Å². The minimum Gasteiger partial charge on any atom is -0.371 e. The second-order valence-corrected chi connectivity index (χ2v) is 3.41. The van der Waals surface area contributed by atoms with Gasteiger partial charge in [-0.1, -0.05) is 13.8 Å². The zero-order valence-electron chi connectivity index (χ0n) is 7.75. The van der Waals surface area contributed by atoms with E-state index >= 15 is 0 Å². The molecule has 0 fully saturated rings. The van der Waals surface area contributed by atoms with E-state index in [0.717, 1.165) is 13.8 Å². The summed E-state index contributed by atoms with van der Waals surface area (Å²) in [6, 6.07) is 0. The first kappa shape index (κ1) is 14.5. The minimum atomic E-state index is -6.10. The summed E-state index contributed by atoms with van der Waals surface area (Å²) in [7, 11) is 0. The summed E-state index contributed by atoms with van der Waals surface area (Å²) >= 11 is 0. The topological polar surface area (TPSA) is 20.2 Å². The molecule has 1 N–H and O–H groups in total. The summed E-state index contributed by atoms with van der Waals surface area (Å²) in [5.74, 6) is -1.61. The number of hydrogen-bond donors (Lipinski definition) is 1. The van der Waals surface area contributed by atoms with Crippen molar-refractivity contribution in [1.29, 1.82) is 0 Å². The van der Waals surface area contributed by atoms with Crippen LogP contribution in [0.5, 0.6) is 0 Å². The predicted octanol–water partition coefficient (Wildman–Crippen LogP) is 2.84. The highest BCUT2D eigenvalue weighted by molar-refractivity contribution is 5.00. The van der Waals surface area contributed by atoms with E-state index in [2.05, 4.69) is 0 Å². The molecule has 0 saturated heterocycles. The average Bonchev–Trinajstić information content (AvgIpc) is 1.96. The van der Waals surface area contributed by atoms with Crippen molar-refractivity contribution in [2.75, 3.05) is 0 Å². The standard InChI is InChI=1S/C7H9F7O/c1-3(2)4(8)5(15,6(9,10)11)7(12,13)14/h3-4,15H,1-2H3/t4-/m0/s1. The van der Waals surface area contributed by atoms with Crippen molar-refractivity contribution >= 4 is 0 Å². The first-order valence-corrected chi connectivity index (χ1v) is 3.85. The number of rotatable bonds is 2. The van der Waals surface area contributed by atoms with Crippen molar-refractivity contribution in [3.63, 3.8) is 0 Å². The number of aliphatic hydroxyl groups is 1. The molecule has 0 rings (SSSR count). The van der Waals surface area contributed by atoms with Crippen LogP contribution in [-0.2, 0) is 0 Å². The molecule has 0 radical (unpaired) electrons. The Balaban J connectivity index is 5.43. The lowest BCUT2D eigenvalue weighted by molar-refractivity contribution is -0.387. The smallest absolute Gasteiger partial charge is 0.371 e. The third kappa shape index (κ3) is 2.35. The van der Waals surface area contributed by atoms with Crippen LogP contribution in [0.2, 0.25) is 0 Å². The average molecular weight is 242 g/mol. The van der Waals surface area contributed by atoms with Gasteiger partial charge in [0.05, 0.1) is 0 Å². The molecule has 0 aromatic carbocycles. The highest BCUT2D eigenvalue weighted by atomic mass is 19.4. The number of hydrogen-bond acceptors (Lipinski definition) is 1. The Bertz CT molecular complexity index is 202. The fraction of sp³-hybridized carbons (Fsp3) is 1.00. The summed E-state index contributed by atoms with van der Waals surface area (Å²) < 4.78 is 84.9. The summed E-state index contributed by atoms with van der Waals surface area (Å²) in [4.78, 5) is 0. The van der Waals surface area contributed by atoms with Gasteiger partial charge in [-0.2, -0.15) is 26.3 Å². The monoisotopic (exact) mass is 242 g/mol. The van der Waals surface area contributed by atoms with Crippen LogP contribution >= 0.6 is 0 Å². The van der Waals surface area contributed by atoms with Crippen LogP contribution in [0.1, 0.15) is 13.8 Å². The van der Waals surface area contributed by atoms with Gasteiger partial charge < -0.3 is 5.11 Å². The Kier molecular flexibility index (Phi) is 3.67. The third-order valence-electron chi connectivity index (χ3n) is 1.85. The number of halogens is 7. The lowest BCUT2D eigenvalue weighted by atomic mass is 9.89. The van der Waals surface area contributed by atoms with Crippen LogP contribution in [0.25, 0.3) is 0 Å². The van der Waals surface area contributed by atoms with Crippen molar-refractivity contribution in [2.24, 2.45) is 5.92 Å². The Morgan fingerprint density at radius 2 is 1.13 bits per heavy atom. The molecule has 0 bridgehead atoms. The molecule has 0 aromatic heterocycles. The fourth-order valence-electron chi connectivity index (χ4n) is 0.956. The Labute approximate surface area is 80.9 Å². The van der Waals surface area contributed by atoms with Crippen molar-refractivity contribution < 1.29 is 35.8 Å². The SMILES string of the molecule is CC(C)[C@H](F)C(O)(C(F)(F)F)C(F)(F)F. The second-order valence-electron chi connectivity index (χ2n) is 3.41. The van der Waals surface area contributed by atoms with E-state index in [1.165, 1.54) is 0 Å². The van der Waals surface area contributed by atoms with Crippen molar-refractivity contribution in [1.82, 2.24) is 0 Å². The lowest BCUT2D eigenvalue weighted by Crippen LogP contribution is -2.64. The van der Waals surface area contributed by atoms with Gasteiger partial charge in [-0.3, -0.25) is 0 Å². The summed E-state index contributed by atoms with van der Waals surface area (Å²) in [6.07, 6.45) is -15.7. The molecule has 0 aliphatic rings. The molecule has 0 heterocycles. The normalized spacial score (nSPS) is 17.0. The number of alkyl halides is 7. The van der Waals surface area contributed by atoms with Crippen LogP contribution in [-0.4, -0.2) is 29.2 Å². The van der Waals surface area contributed by atoms with Crippen LogP contribution < -0.4 is 0 Å². The van der Waals surface area contributed by atoms with Gasteiger partial charge in [0.15, 0.2) is 0 Å². The molecule has 1 atom stereocenters. The fourth-order valence-corrected chi connectivity index (χ4v) is 0.956. The second kappa shape index (κ2) is 3.80. The highest BCUT2D eigenvalue weighted by Gasteiger charge is 2.75. The quantitative estimate of drug-likeness (QED) is 0.738. The molecule has 0 saturated carbocycles. The maximum absolute atomic E-state index is 12.9.